The number of benzene rings is 2. The zero-order chi connectivity index (χ0) is 19.7. The molecule has 1 saturated carbocycles. The lowest BCUT2D eigenvalue weighted by molar-refractivity contribution is -0.108. The van der Waals surface area contributed by atoms with Crippen LogP contribution in [-0.4, -0.2) is 23.0 Å². The Morgan fingerprint density at radius 2 is 1.82 bits per heavy atom. The van der Waals surface area contributed by atoms with Crippen LogP contribution in [0.25, 0.3) is 10.4 Å². The van der Waals surface area contributed by atoms with E-state index >= 15 is 0 Å². The minimum atomic E-state index is -1.02. The SMILES string of the molecule is O=CN(c1cc(-c2ccccc2)sc1C(=O)O)C1(Cc2ccc(Cl)cc2)CC1. The molecule has 0 atom stereocenters. The van der Waals surface area contributed by atoms with Crippen molar-refractivity contribution in [3.8, 4) is 10.4 Å². The molecule has 3 aromatic rings. The van der Waals surface area contributed by atoms with Crippen molar-refractivity contribution in [2.24, 2.45) is 0 Å². The number of carboxylic acids is 1. The molecule has 1 N–H and O–H groups in total. The van der Waals surface area contributed by atoms with E-state index in [2.05, 4.69) is 0 Å². The highest BCUT2D eigenvalue weighted by Gasteiger charge is 2.49. The van der Waals surface area contributed by atoms with Gasteiger partial charge >= 0.3 is 5.97 Å². The van der Waals surface area contributed by atoms with Crippen molar-refractivity contribution in [2.75, 3.05) is 4.90 Å². The van der Waals surface area contributed by atoms with Crippen LogP contribution in [0, 0.1) is 0 Å². The molecule has 4 rings (SSSR count). The fraction of sp³-hybridized carbons (Fsp3) is 0.182. The second-order valence-electron chi connectivity index (χ2n) is 7.00. The second kappa shape index (κ2) is 7.41. The lowest BCUT2D eigenvalue weighted by atomic mass is 10.0. The molecule has 0 spiro atoms. The normalized spacial score (nSPS) is 14.5. The summed E-state index contributed by atoms with van der Waals surface area (Å²) < 4.78 is 0. The summed E-state index contributed by atoms with van der Waals surface area (Å²) in [6.07, 6.45) is 3.11. The summed E-state index contributed by atoms with van der Waals surface area (Å²) in [6.45, 7) is 0. The molecular formula is C22H18ClNO3S. The Morgan fingerprint density at radius 1 is 1.14 bits per heavy atom. The molecule has 4 nitrogen and oxygen atoms in total. The van der Waals surface area contributed by atoms with Crippen molar-refractivity contribution in [2.45, 2.75) is 24.8 Å². The van der Waals surface area contributed by atoms with Gasteiger partial charge in [0.15, 0.2) is 0 Å². The Hall–Kier alpha value is -2.63. The third-order valence-electron chi connectivity index (χ3n) is 5.11. The molecule has 1 aromatic heterocycles. The molecule has 1 aliphatic rings. The number of thiophene rings is 1. The number of anilines is 1. The number of halogens is 1. The fourth-order valence-corrected chi connectivity index (χ4v) is 4.63. The topological polar surface area (TPSA) is 57.6 Å². The molecule has 6 heteroatoms. The van der Waals surface area contributed by atoms with Crippen molar-refractivity contribution in [1.82, 2.24) is 0 Å². The van der Waals surface area contributed by atoms with Crippen molar-refractivity contribution in [3.63, 3.8) is 0 Å². The largest absolute Gasteiger partial charge is 0.477 e. The van der Waals surface area contributed by atoms with Crippen LogP contribution in [0.2, 0.25) is 5.02 Å². The number of hydrogen-bond acceptors (Lipinski definition) is 3. The summed E-state index contributed by atoms with van der Waals surface area (Å²) >= 11 is 7.17. The number of carbonyl (C=O) groups is 2. The Balaban J connectivity index is 1.71. The summed E-state index contributed by atoms with van der Waals surface area (Å²) in [4.78, 5) is 26.6. The third-order valence-corrected chi connectivity index (χ3v) is 6.53. The van der Waals surface area contributed by atoms with Crippen LogP contribution < -0.4 is 4.90 Å². The van der Waals surface area contributed by atoms with E-state index in [1.54, 1.807) is 4.90 Å². The maximum Gasteiger partial charge on any atom is 0.348 e. The maximum atomic E-state index is 12.1. The highest BCUT2D eigenvalue weighted by molar-refractivity contribution is 7.18. The van der Waals surface area contributed by atoms with Gasteiger partial charge in [-0.15, -0.1) is 11.3 Å². The Labute approximate surface area is 172 Å². The first-order valence-electron chi connectivity index (χ1n) is 8.94. The molecule has 1 aliphatic carbocycles. The van der Waals surface area contributed by atoms with Gasteiger partial charge < -0.3 is 10.0 Å². The van der Waals surface area contributed by atoms with E-state index in [1.165, 1.54) is 11.3 Å². The van der Waals surface area contributed by atoms with E-state index in [0.29, 0.717) is 17.1 Å². The van der Waals surface area contributed by atoms with E-state index in [-0.39, 0.29) is 10.4 Å². The third kappa shape index (κ3) is 3.55. The fourth-order valence-electron chi connectivity index (χ4n) is 3.51. The standard InChI is InChI=1S/C22H18ClNO3S/c23-17-8-6-15(7-9-17)13-22(10-11-22)24(14-25)18-12-19(28-20(18)21(26)27)16-4-2-1-3-5-16/h1-9,12,14H,10-11,13H2,(H,26,27). The van der Waals surface area contributed by atoms with Crippen LogP contribution in [0.3, 0.4) is 0 Å². The molecule has 0 aliphatic heterocycles. The monoisotopic (exact) mass is 411 g/mol. The maximum absolute atomic E-state index is 12.1. The Kier molecular flexibility index (Phi) is 4.96. The van der Waals surface area contributed by atoms with Gasteiger partial charge in [-0.3, -0.25) is 4.79 Å². The number of nitrogens with zero attached hydrogens (tertiary/aromatic N) is 1. The number of aromatic carboxylic acids is 1. The summed E-state index contributed by atoms with van der Waals surface area (Å²) in [6, 6.07) is 19.0. The van der Waals surface area contributed by atoms with Gasteiger partial charge in [-0.1, -0.05) is 54.1 Å². The van der Waals surface area contributed by atoms with Crippen LogP contribution in [0.15, 0.2) is 60.7 Å². The highest BCUT2D eigenvalue weighted by atomic mass is 35.5. The zero-order valence-electron chi connectivity index (χ0n) is 15.0. The van der Waals surface area contributed by atoms with Crippen molar-refractivity contribution in [1.29, 1.82) is 0 Å². The predicted octanol–water partition coefficient (Wildman–Crippen LogP) is 5.50. The van der Waals surface area contributed by atoms with Gasteiger partial charge in [-0.2, -0.15) is 0 Å². The molecule has 1 fully saturated rings. The smallest absolute Gasteiger partial charge is 0.348 e. The average Bonchev–Trinajstić information content (AvgIpc) is 3.32. The van der Waals surface area contributed by atoms with Gasteiger partial charge in [0.25, 0.3) is 0 Å². The highest BCUT2D eigenvalue weighted by Crippen LogP contribution is 2.49. The van der Waals surface area contributed by atoms with Crippen molar-refractivity contribution >= 4 is 41.0 Å². The van der Waals surface area contributed by atoms with E-state index in [1.807, 2.05) is 60.7 Å². The van der Waals surface area contributed by atoms with Gasteiger partial charge in [-0.25, -0.2) is 4.79 Å². The molecule has 0 saturated heterocycles. The predicted molar refractivity (Wildman–Crippen MR) is 112 cm³/mol. The first-order chi connectivity index (χ1) is 13.5. The number of rotatable bonds is 7. The van der Waals surface area contributed by atoms with Crippen LogP contribution >= 0.6 is 22.9 Å². The van der Waals surface area contributed by atoms with Crippen molar-refractivity contribution < 1.29 is 14.7 Å². The molecule has 142 valence electrons. The van der Waals surface area contributed by atoms with Crippen LogP contribution in [0.1, 0.15) is 28.1 Å². The van der Waals surface area contributed by atoms with Gasteiger partial charge in [-0.05, 0) is 48.6 Å². The van der Waals surface area contributed by atoms with Crippen LogP contribution in [-0.2, 0) is 11.2 Å². The van der Waals surface area contributed by atoms with E-state index in [4.69, 9.17) is 11.6 Å². The molecule has 2 aromatic carbocycles. The molecule has 1 heterocycles. The van der Waals surface area contributed by atoms with E-state index in [9.17, 15) is 14.7 Å². The molecular weight excluding hydrogens is 394 g/mol. The number of amides is 1. The summed E-state index contributed by atoms with van der Waals surface area (Å²) in [7, 11) is 0. The molecule has 28 heavy (non-hydrogen) atoms. The van der Waals surface area contributed by atoms with E-state index < -0.39 is 5.97 Å². The molecule has 1 amide bonds. The minimum absolute atomic E-state index is 0.188. The molecule has 0 radical (unpaired) electrons. The van der Waals surface area contributed by atoms with Gasteiger partial charge in [0.2, 0.25) is 6.41 Å². The second-order valence-corrected chi connectivity index (χ2v) is 8.49. The Bertz CT molecular complexity index is 1010. The van der Waals surface area contributed by atoms with Crippen LogP contribution in [0.5, 0.6) is 0 Å². The molecule has 0 bridgehead atoms. The lowest BCUT2D eigenvalue weighted by Crippen LogP contribution is -2.38. The number of hydrogen-bond donors (Lipinski definition) is 1. The minimum Gasteiger partial charge on any atom is -0.477 e. The summed E-state index contributed by atoms with van der Waals surface area (Å²) in [5.41, 5.74) is 2.10. The quantitative estimate of drug-likeness (QED) is 0.522. The van der Waals surface area contributed by atoms with Gasteiger partial charge in [0.05, 0.1) is 11.2 Å². The van der Waals surface area contributed by atoms with Crippen LogP contribution in [0.4, 0.5) is 5.69 Å². The van der Waals surface area contributed by atoms with Gasteiger partial charge in [0.1, 0.15) is 4.88 Å². The number of carbonyl (C=O) groups excluding carboxylic acids is 1. The zero-order valence-corrected chi connectivity index (χ0v) is 16.5. The van der Waals surface area contributed by atoms with Crippen molar-refractivity contribution in [3.05, 3.63) is 76.1 Å². The molecule has 0 unspecified atom stereocenters. The summed E-state index contributed by atoms with van der Waals surface area (Å²) in [5.74, 6) is -1.02. The lowest BCUT2D eigenvalue weighted by Gasteiger charge is -2.28. The van der Waals surface area contributed by atoms with E-state index in [0.717, 1.165) is 35.3 Å². The first-order valence-corrected chi connectivity index (χ1v) is 10.1. The van der Waals surface area contributed by atoms with Gasteiger partial charge in [0, 0.05) is 9.90 Å². The first kappa shape index (κ1) is 18.7. The summed E-state index contributed by atoms with van der Waals surface area (Å²) in [5, 5.41) is 10.4. The average molecular weight is 412 g/mol. The number of carboxylic acid groups (broad SMARTS) is 1. The Morgan fingerprint density at radius 3 is 2.39 bits per heavy atom.